The van der Waals surface area contributed by atoms with Crippen molar-refractivity contribution in [3.05, 3.63) is 114 Å². The van der Waals surface area contributed by atoms with E-state index < -0.39 is 0 Å². The summed E-state index contributed by atoms with van der Waals surface area (Å²) in [6, 6.07) is 23.1. The molecule has 4 aromatic rings. The predicted octanol–water partition coefficient (Wildman–Crippen LogP) is 5.13. The molecule has 0 aliphatic carbocycles. The van der Waals surface area contributed by atoms with Crippen LogP contribution in [0.2, 0.25) is 0 Å². The summed E-state index contributed by atoms with van der Waals surface area (Å²) in [4.78, 5) is 17.1. The van der Waals surface area contributed by atoms with Crippen LogP contribution in [0.5, 0.6) is 5.75 Å². The molecule has 1 unspecified atom stereocenters. The number of rotatable bonds is 6. The van der Waals surface area contributed by atoms with Crippen LogP contribution in [0.15, 0.2) is 91.0 Å². The molecule has 1 amide bonds. The molecule has 0 fully saturated rings. The van der Waals surface area contributed by atoms with E-state index in [1.165, 1.54) is 18.2 Å². The third kappa shape index (κ3) is 4.81. The summed E-state index contributed by atoms with van der Waals surface area (Å²) in [6.07, 6.45) is 5.06. The van der Waals surface area contributed by atoms with E-state index in [4.69, 9.17) is 4.74 Å². The molecule has 0 bridgehead atoms. The van der Waals surface area contributed by atoms with Gasteiger partial charge in [-0.25, -0.2) is 9.07 Å². The number of carbonyl (C=O) groups is 1. The number of aromatic nitrogens is 3. The molecule has 8 heteroatoms. The van der Waals surface area contributed by atoms with Gasteiger partial charge in [-0.1, -0.05) is 60.7 Å². The smallest absolute Gasteiger partial charge is 0.250 e. The number of nitrogens with zero attached hydrogens (tertiary/aromatic N) is 3. The fourth-order valence-electron chi connectivity index (χ4n) is 3.85. The Morgan fingerprint density at radius 2 is 1.80 bits per heavy atom. The molecule has 1 aromatic heterocycles. The zero-order chi connectivity index (χ0) is 24.2. The van der Waals surface area contributed by atoms with Gasteiger partial charge in [0, 0.05) is 17.3 Å². The molecule has 5 rings (SSSR count). The van der Waals surface area contributed by atoms with Crippen molar-refractivity contribution in [2.24, 2.45) is 0 Å². The lowest BCUT2D eigenvalue weighted by atomic mass is 10.0. The van der Waals surface area contributed by atoms with Gasteiger partial charge in [0.1, 0.15) is 17.6 Å². The molecule has 1 aliphatic heterocycles. The van der Waals surface area contributed by atoms with Gasteiger partial charge in [0.25, 0.3) is 11.9 Å². The van der Waals surface area contributed by atoms with E-state index in [0.29, 0.717) is 11.7 Å². The van der Waals surface area contributed by atoms with Crippen LogP contribution in [0, 0.1) is 5.82 Å². The third-order valence-corrected chi connectivity index (χ3v) is 5.55. The molecule has 1 atom stereocenters. The van der Waals surface area contributed by atoms with Gasteiger partial charge in [0.05, 0.1) is 7.11 Å². The molecule has 174 valence electrons. The molecule has 1 aliphatic rings. The summed E-state index contributed by atoms with van der Waals surface area (Å²) in [5.41, 5.74) is 3.42. The number of hydrogen-bond acceptors (Lipinski definition) is 5. The van der Waals surface area contributed by atoms with Gasteiger partial charge < -0.3 is 10.1 Å². The SMILES string of the molecule is COc1ccccc1C=CC(=O)Nc1nc2n(n1)C(c1ccc(F)cc1)C=C(c1ccccc1)N2. The molecular formula is C27H22FN5O2. The van der Waals surface area contributed by atoms with Crippen molar-refractivity contribution in [1.29, 1.82) is 0 Å². The normalized spacial score (nSPS) is 14.7. The zero-order valence-corrected chi connectivity index (χ0v) is 18.9. The number of nitrogens with one attached hydrogen (secondary N) is 2. The fourth-order valence-corrected chi connectivity index (χ4v) is 3.85. The molecule has 35 heavy (non-hydrogen) atoms. The van der Waals surface area contributed by atoms with Gasteiger partial charge in [-0.2, -0.15) is 4.98 Å². The highest BCUT2D eigenvalue weighted by Gasteiger charge is 2.25. The van der Waals surface area contributed by atoms with E-state index in [1.807, 2.05) is 60.7 Å². The van der Waals surface area contributed by atoms with Crippen LogP contribution in [0.1, 0.15) is 22.7 Å². The number of methoxy groups -OCH3 is 1. The summed E-state index contributed by atoms with van der Waals surface area (Å²) in [7, 11) is 1.58. The molecule has 0 saturated heterocycles. The second-order valence-electron chi connectivity index (χ2n) is 7.84. The molecule has 0 radical (unpaired) electrons. The Bertz CT molecular complexity index is 1410. The van der Waals surface area contributed by atoms with Crippen LogP contribution >= 0.6 is 0 Å². The number of amides is 1. The third-order valence-electron chi connectivity index (χ3n) is 5.55. The average molecular weight is 468 g/mol. The van der Waals surface area contributed by atoms with Gasteiger partial charge in [-0.05, 0) is 41.5 Å². The maximum Gasteiger partial charge on any atom is 0.250 e. The number of hydrogen-bond donors (Lipinski definition) is 2. The van der Waals surface area contributed by atoms with Crippen molar-refractivity contribution in [3.8, 4) is 5.75 Å². The first kappa shape index (κ1) is 22.1. The highest BCUT2D eigenvalue weighted by molar-refractivity contribution is 6.01. The number of para-hydroxylation sites is 1. The van der Waals surface area contributed by atoms with E-state index in [0.717, 1.165) is 22.4 Å². The number of carbonyl (C=O) groups excluding carboxylic acids is 1. The lowest BCUT2D eigenvalue weighted by Gasteiger charge is -2.24. The quantitative estimate of drug-likeness (QED) is 0.384. The molecule has 2 N–H and O–H groups in total. The van der Waals surface area contributed by atoms with Gasteiger partial charge >= 0.3 is 0 Å². The maximum absolute atomic E-state index is 13.6. The van der Waals surface area contributed by atoms with Crippen molar-refractivity contribution in [1.82, 2.24) is 14.8 Å². The average Bonchev–Trinajstić information content (AvgIpc) is 3.30. The molecule has 0 spiro atoms. The van der Waals surface area contributed by atoms with Crippen LogP contribution in [-0.4, -0.2) is 27.8 Å². The standard InChI is InChI=1S/C27H22FN5O2/c1-35-24-10-6-5-9-20(24)13-16-25(34)30-26-31-27-29-22(18-7-3-2-4-8-18)17-23(33(27)32-26)19-11-14-21(28)15-12-19/h2-17,23H,1H3,(H2,29,30,31,32,34). The van der Waals surface area contributed by atoms with Crippen molar-refractivity contribution in [3.63, 3.8) is 0 Å². The highest BCUT2D eigenvalue weighted by atomic mass is 19.1. The van der Waals surface area contributed by atoms with E-state index >= 15 is 0 Å². The molecular weight excluding hydrogens is 445 g/mol. The van der Waals surface area contributed by atoms with Gasteiger partial charge in [-0.3, -0.25) is 10.1 Å². The Hall–Kier alpha value is -4.72. The number of fused-ring (bicyclic) bond motifs is 1. The summed E-state index contributed by atoms with van der Waals surface area (Å²) >= 11 is 0. The minimum atomic E-state index is -0.381. The van der Waals surface area contributed by atoms with Gasteiger partial charge in [0.15, 0.2) is 0 Å². The van der Waals surface area contributed by atoms with Crippen molar-refractivity contribution in [2.75, 3.05) is 17.7 Å². The first-order valence-electron chi connectivity index (χ1n) is 11.0. The fraction of sp³-hybridized carbons (Fsp3) is 0.0741. The first-order chi connectivity index (χ1) is 17.1. The van der Waals surface area contributed by atoms with E-state index in [1.54, 1.807) is 30.0 Å². The van der Waals surface area contributed by atoms with Crippen LogP contribution in [-0.2, 0) is 4.79 Å². The van der Waals surface area contributed by atoms with Gasteiger partial charge in [0.2, 0.25) is 5.95 Å². The zero-order valence-electron chi connectivity index (χ0n) is 18.9. The molecule has 2 heterocycles. The number of anilines is 2. The second-order valence-corrected chi connectivity index (χ2v) is 7.84. The summed E-state index contributed by atoms with van der Waals surface area (Å²) in [5.74, 6) is 0.580. The number of allylic oxidation sites excluding steroid dienone is 1. The number of benzene rings is 3. The molecule has 7 nitrogen and oxygen atoms in total. The van der Waals surface area contributed by atoms with Crippen molar-refractivity contribution in [2.45, 2.75) is 6.04 Å². The molecule has 0 saturated carbocycles. The second kappa shape index (κ2) is 9.64. The van der Waals surface area contributed by atoms with E-state index in [2.05, 4.69) is 20.7 Å². The van der Waals surface area contributed by atoms with Crippen molar-refractivity contribution < 1.29 is 13.9 Å². The van der Waals surface area contributed by atoms with Crippen molar-refractivity contribution >= 4 is 29.6 Å². The maximum atomic E-state index is 13.6. The Morgan fingerprint density at radius 3 is 2.57 bits per heavy atom. The number of halogens is 1. The monoisotopic (exact) mass is 467 g/mol. The Labute approximate surface area is 201 Å². The van der Waals surface area contributed by atoms with E-state index in [-0.39, 0.29) is 23.7 Å². The summed E-state index contributed by atoms with van der Waals surface area (Å²) in [5, 5.41) is 10.5. The van der Waals surface area contributed by atoms with Crippen LogP contribution in [0.4, 0.5) is 16.3 Å². The van der Waals surface area contributed by atoms with Crippen LogP contribution < -0.4 is 15.4 Å². The number of ether oxygens (including phenoxy) is 1. The topological polar surface area (TPSA) is 81.1 Å². The Morgan fingerprint density at radius 1 is 1.06 bits per heavy atom. The largest absolute Gasteiger partial charge is 0.496 e. The minimum Gasteiger partial charge on any atom is -0.496 e. The summed E-state index contributed by atoms with van der Waals surface area (Å²) in [6.45, 7) is 0. The Balaban J connectivity index is 1.42. The molecule has 3 aromatic carbocycles. The lowest BCUT2D eigenvalue weighted by molar-refractivity contribution is -0.111. The van der Waals surface area contributed by atoms with E-state index in [9.17, 15) is 9.18 Å². The Kier molecular flexibility index (Phi) is 6.09. The van der Waals surface area contributed by atoms with Crippen LogP contribution in [0.25, 0.3) is 11.8 Å². The predicted molar refractivity (Wildman–Crippen MR) is 133 cm³/mol. The minimum absolute atomic E-state index is 0.150. The highest BCUT2D eigenvalue weighted by Crippen LogP contribution is 2.33. The summed E-state index contributed by atoms with van der Waals surface area (Å²) < 4.78 is 20.5. The van der Waals surface area contributed by atoms with Crippen LogP contribution in [0.3, 0.4) is 0 Å². The van der Waals surface area contributed by atoms with Gasteiger partial charge in [-0.15, -0.1) is 5.10 Å². The lowest BCUT2D eigenvalue weighted by Crippen LogP contribution is -2.20. The first-order valence-corrected chi connectivity index (χ1v) is 11.0.